The molecular formula is C7H12O2. The third-order valence-corrected chi connectivity index (χ3v) is 1.75. The monoisotopic (exact) mass is 128 g/mol. The van der Waals surface area contributed by atoms with Gasteiger partial charge in [-0.1, -0.05) is 0 Å². The first-order chi connectivity index (χ1) is 4.33. The molecule has 0 fully saturated rings. The van der Waals surface area contributed by atoms with Gasteiger partial charge in [0, 0.05) is 13.0 Å². The molecule has 0 heterocycles. The molecule has 0 aromatic heterocycles. The summed E-state index contributed by atoms with van der Waals surface area (Å²) in [4.78, 5) is 0. The molecule has 0 bridgehead atoms. The van der Waals surface area contributed by atoms with Crippen molar-refractivity contribution in [2.75, 3.05) is 6.61 Å². The van der Waals surface area contributed by atoms with E-state index in [2.05, 4.69) is 0 Å². The maximum Gasteiger partial charge on any atom is 0.0883 e. The normalized spacial score (nSPS) is 27.7. The minimum Gasteiger partial charge on any atom is -0.513 e. The number of aliphatic hydroxyl groups is 2. The summed E-state index contributed by atoms with van der Waals surface area (Å²) in [6.07, 6.45) is 4.30. The molecule has 0 spiro atoms. The molecule has 2 nitrogen and oxygen atoms in total. The van der Waals surface area contributed by atoms with Crippen LogP contribution in [-0.2, 0) is 0 Å². The van der Waals surface area contributed by atoms with Gasteiger partial charge in [-0.05, 0) is 24.8 Å². The molecule has 1 aliphatic rings. The van der Waals surface area contributed by atoms with Gasteiger partial charge in [-0.2, -0.15) is 0 Å². The zero-order valence-corrected chi connectivity index (χ0v) is 5.38. The number of rotatable bonds is 1. The fourth-order valence-corrected chi connectivity index (χ4v) is 1.04. The van der Waals surface area contributed by atoms with Crippen molar-refractivity contribution in [2.45, 2.75) is 19.3 Å². The van der Waals surface area contributed by atoms with Crippen LogP contribution in [0.2, 0.25) is 0 Å². The van der Waals surface area contributed by atoms with E-state index in [0.717, 1.165) is 19.3 Å². The summed E-state index contributed by atoms with van der Waals surface area (Å²) in [6, 6.07) is 0. The molecule has 0 aliphatic heterocycles. The lowest BCUT2D eigenvalue weighted by Gasteiger charge is -2.15. The first-order valence-corrected chi connectivity index (χ1v) is 3.32. The summed E-state index contributed by atoms with van der Waals surface area (Å²) in [7, 11) is 0. The molecule has 2 heteroatoms. The van der Waals surface area contributed by atoms with Crippen molar-refractivity contribution in [3.63, 3.8) is 0 Å². The average molecular weight is 128 g/mol. The number of hydrogen-bond donors (Lipinski definition) is 2. The van der Waals surface area contributed by atoms with Crippen LogP contribution in [0.3, 0.4) is 0 Å². The van der Waals surface area contributed by atoms with Crippen molar-refractivity contribution < 1.29 is 10.2 Å². The second-order valence-corrected chi connectivity index (χ2v) is 2.52. The van der Waals surface area contributed by atoms with Crippen molar-refractivity contribution >= 4 is 0 Å². The highest BCUT2D eigenvalue weighted by molar-refractivity contribution is 4.96. The molecule has 0 saturated carbocycles. The van der Waals surface area contributed by atoms with Crippen molar-refractivity contribution in [3.8, 4) is 0 Å². The van der Waals surface area contributed by atoms with E-state index in [1.165, 1.54) is 0 Å². The number of aliphatic hydroxyl groups excluding tert-OH is 2. The largest absolute Gasteiger partial charge is 0.513 e. The Morgan fingerprint density at radius 2 is 2.44 bits per heavy atom. The highest BCUT2D eigenvalue weighted by Gasteiger charge is 2.11. The van der Waals surface area contributed by atoms with Gasteiger partial charge in [0.15, 0.2) is 0 Å². The quantitative estimate of drug-likeness (QED) is 0.557. The second-order valence-electron chi connectivity index (χ2n) is 2.52. The molecule has 0 amide bonds. The van der Waals surface area contributed by atoms with E-state index in [-0.39, 0.29) is 6.61 Å². The Hall–Kier alpha value is -0.500. The van der Waals surface area contributed by atoms with Gasteiger partial charge >= 0.3 is 0 Å². The predicted molar refractivity (Wildman–Crippen MR) is 35.1 cm³/mol. The Labute approximate surface area is 54.8 Å². The van der Waals surface area contributed by atoms with Gasteiger partial charge in [-0.25, -0.2) is 0 Å². The summed E-state index contributed by atoms with van der Waals surface area (Å²) in [5, 5.41) is 17.6. The fraction of sp³-hybridized carbons (Fsp3) is 0.714. The third kappa shape index (κ3) is 1.72. The highest BCUT2D eigenvalue weighted by Crippen LogP contribution is 2.20. The standard InChI is InChI=1S/C7H12O2/c8-5-6-1-3-7(9)4-2-6/h3,6,8-9H,1-2,4-5H2/t6-/m0/s1. The molecule has 1 aliphatic carbocycles. The predicted octanol–water partition coefficient (Wildman–Crippen LogP) is 1.22. The van der Waals surface area contributed by atoms with Gasteiger partial charge in [-0.15, -0.1) is 0 Å². The maximum atomic E-state index is 8.90. The van der Waals surface area contributed by atoms with E-state index >= 15 is 0 Å². The molecule has 1 atom stereocenters. The van der Waals surface area contributed by atoms with E-state index in [4.69, 9.17) is 10.2 Å². The summed E-state index contributed by atoms with van der Waals surface area (Å²) in [5.41, 5.74) is 0. The van der Waals surface area contributed by atoms with Crippen LogP contribution >= 0.6 is 0 Å². The molecule has 0 aromatic rings. The van der Waals surface area contributed by atoms with Crippen molar-refractivity contribution in [3.05, 3.63) is 11.8 Å². The molecule has 0 radical (unpaired) electrons. The molecule has 1 rings (SSSR count). The van der Waals surface area contributed by atoms with Crippen LogP contribution in [0.4, 0.5) is 0 Å². The van der Waals surface area contributed by atoms with E-state index in [0.29, 0.717) is 11.7 Å². The van der Waals surface area contributed by atoms with E-state index < -0.39 is 0 Å². The average Bonchev–Trinajstić information content (AvgIpc) is 1.90. The Balaban J connectivity index is 2.36. The van der Waals surface area contributed by atoms with Gasteiger partial charge in [0.2, 0.25) is 0 Å². The molecule has 9 heavy (non-hydrogen) atoms. The lowest BCUT2D eigenvalue weighted by molar-refractivity contribution is 0.206. The molecule has 2 N–H and O–H groups in total. The van der Waals surface area contributed by atoms with E-state index in [9.17, 15) is 0 Å². The van der Waals surface area contributed by atoms with Crippen LogP contribution in [0.5, 0.6) is 0 Å². The van der Waals surface area contributed by atoms with Crippen LogP contribution in [0, 0.1) is 5.92 Å². The molecule has 0 saturated heterocycles. The van der Waals surface area contributed by atoms with E-state index in [1.54, 1.807) is 6.08 Å². The van der Waals surface area contributed by atoms with Crippen LogP contribution in [0.1, 0.15) is 19.3 Å². The smallest absolute Gasteiger partial charge is 0.0883 e. The van der Waals surface area contributed by atoms with E-state index in [1.807, 2.05) is 0 Å². The first-order valence-electron chi connectivity index (χ1n) is 3.32. The Morgan fingerprint density at radius 3 is 2.89 bits per heavy atom. The zero-order chi connectivity index (χ0) is 6.69. The van der Waals surface area contributed by atoms with Crippen LogP contribution in [0.15, 0.2) is 11.8 Å². The van der Waals surface area contributed by atoms with Crippen molar-refractivity contribution in [1.82, 2.24) is 0 Å². The summed E-state index contributed by atoms with van der Waals surface area (Å²) in [6.45, 7) is 0.254. The summed E-state index contributed by atoms with van der Waals surface area (Å²) < 4.78 is 0. The summed E-state index contributed by atoms with van der Waals surface area (Å²) >= 11 is 0. The molecule has 0 aromatic carbocycles. The number of hydrogen-bond acceptors (Lipinski definition) is 2. The van der Waals surface area contributed by atoms with Crippen molar-refractivity contribution in [1.29, 1.82) is 0 Å². The third-order valence-electron chi connectivity index (χ3n) is 1.75. The Bertz CT molecular complexity index is 118. The van der Waals surface area contributed by atoms with Gasteiger partial charge in [0.1, 0.15) is 0 Å². The zero-order valence-electron chi connectivity index (χ0n) is 5.38. The van der Waals surface area contributed by atoms with Crippen LogP contribution in [-0.4, -0.2) is 16.8 Å². The molecule has 52 valence electrons. The second kappa shape index (κ2) is 2.87. The van der Waals surface area contributed by atoms with Gasteiger partial charge < -0.3 is 10.2 Å². The van der Waals surface area contributed by atoms with Crippen molar-refractivity contribution in [2.24, 2.45) is 5.92 Å². The Kier molecular flexibility index (Phi) is 2.11. The molecular weight excluding hydrogens is 116 g/mol. The minimum atomic E-state index is 0.254. The Morgan fingerprint density at radius 1 is 1.67 bits per heavy atom. The number of allylic oxidation sites excluding steroid dienone is 2. The van der Waals surface area contributed by atoms with Crippen LogP contribution in [0.25, 0.3) is 0 Å². The maximum absolute atomic E-state index is 8.90. The lowest BCUT2D eigenvalue weighted by atomic mass is 9.94. The van der Waals surface area contributed by atoms with Gasteiger partial charge in [0.25, 0.3) is 0 Å². The fourth-order valence-electron chi connectivity index (χ4n) is 1.04. The highest BCUT2D eigenvalue weighted by atomic mass is 16.3. The van der Waals surface area contributed by atoms with Crippen LogP contribution < -0.4 is 0 Å². The minimum absolute atomic E-state index is 0.254. The lowest BCUT2D eigenvalue weighted by Crippen LogP contribution is -2.09. The first kappa shape index (κ1) is 6.62. The van der Waals surface area contributed by atoms with Gasteiger partial charge in [-0.3, -0.25) is 0 Å². The summed E-state index contributed by atoms with van der Waals surface area (Å²) in [5.74, 6) is 0.876. The SMILES string of the molecule is OC[C@H]1CC=C(O)CC1. The van der Waals surface area contributed by atoms with Gasteiger partial charge in [0.05, 0.1) is 5.76 Å². The topological polar surface area (TPSA) is 40.5 Å². The molecule has 0 unspecified atom stereocenters.